The molecule has 1 heterocycles. The molecule has 1 aromatic rings. The standard InChI is InChI=1S/C23H35ClN4O4/c1-23(2,16-29)21(31)22(32)26-9-12-28(20(30)13-24)15-18-7-10-27(11-8-18)19-5-3-17(14-25)4-6-19/h3-6,18,20-21,29-31H,7-13,15-16H2,1-2H3,(H,26,32). The van der Waals surface area contributed by atoms with Crippen molar-refractivity contribution in [2.75, 3.05) is 50.1 Å². The van der Waals surface area contributed by atoms with Crippen LogP contribution in [0.3, 0.4) is 0 Å². The number of nitrogens with one attached hydrogen (secondary N) is 1. The summed E-state index contributed by atoms with van der Waals surface area (Å²) >= 11 is 5.88. The molecule has 0 saturated carbocycles. The molecule has 1 aromatic carbocycles. The lowest BCUT2D eigenvalue weighted by molar-refractivity contribution is -0.137. The van der Waals surface area contributed by atoms with Crippen molar-refractivity contribution in [3.63, 3.8) is 0 Å². The van der Waals surface area contributed by atoms with Gasteiger partial charge in [0.25, 0.3) is 0 Å². The van der Waals surface area contributed by atoms with E-state index in [0.29, 0.717) is 24.6 Å². The molecule has 4 N–H and O–H groups in total. The first kappa shape index (κ1) is 26.4. The lowest BCUT2D eigenvalue weighted by Gasteiger charge is -2.37. The SMILES string of the molecule is CC(C)(CO)C(O)C(=O)NCCN(CC1CCN(c2ccc(C#N)cc2)CC1)C(O)CCl. The molecule has 32 heavy (non-hydrogen) atoms. The summed E-state index contributed by atoms with van der Waals surface area (Å²) in [7, 11) is 0. The predicted octanol–water partition coefficient (Wildman–Crippen LogP) is 1.13. The Morgan fingerprint density at radius 1 is 1.31 bits per heavy atom. The maximum atomic E-state index is 12.2. The van der Waals surface area contributed by atoms with Crippen molar-refractivity contribution in [2.45, 2.75) is 39.0 Å². The number of carbonyl (C=O) groups is 1. The van der Waals surface area contributed by atoms with Crippen LogP contribution in [0.25, 0.3) is 0 Å². The molecule has 8 nitrogen and oxygen atoms in total. The van der Waals surface area contributed by atoms with E-state index in [4.69, 9.17) is 16.9 Å². The maximum absolute atomic E-state index is 12.2. The van der Waals surface area contributed by atoms with Crippen molar-refractivity contribution in [3.8, 4) is 6.07 Å². The molecule has 0 spiro atoms. The molecule has 1 fully saturated rings. The summed E-state index contributed by atoms with van der Waals surface area (Å²) in [4.78, 5) is 16.3. The summed E-state index contributed by atoms with van der Waals surface area (Å²) in [6.45, 7) is 6.03. The van der Waals surface area contributed by atoms with Crippen LogP contribution < -0.4 is 10.2 Å². The molecule has 2 unspecified atom stereocenters. The molecule has 0 radical (unpaired) electrons. The van der Waals surface area contributed by atoms with Crippen LogP contribution in [0.15, 0.2) is 24.3 Å². The molecule has 2 atom stereocenters. The molecule has 0 aromatic heterocycles. The Morgan fingerprint density at radius 2 is 1.94 bits per heavy atom. The second-order valence-electron chi connectivity index (χ2n) is 9.06. The molecule has 1 aliphatic rings. The van der Waals surface area contributed by atoms with Crippen LogP contribution in [0, 0.1) is 22.7 Å². The molecular formula is C23H35ClN4O4. The number of anilines is 1. The number of nitrogens with zero attached hydrogens (tertiary/aromatic N) is 3. The van der Waals surface area contributed by atoms with E-state index in [-0.39, 0.29) is 19.0 Å². The number of benzene rings is 1. The van der Waals surface area contributed by atoms with Crippen molar-refractivity contribution in [1.82, 2.24) is 10.2 Å². The van der Waals surface area contributed by atoms with Gasteiger partial charge in [-0.05, 0) is 43.0 Å². The van der Waals surface area contributed by atoms with Gasteiger partial charge in [-0.15, -0.1) is 11.6 Å². The van der Waals surface area contributed by atoms with E-state index in [2.05, 4.69) is 16.3 Å². The highest BCUT2D eigenvalue weighted by Gasteiger charge is 2.33. The van der Waals surface area contributed by atoms with E-state index >= 15 is 0 Å². The second-order valence-corrected chi connectivity index (χ2v) is 9.37. The van der Waals surface area contributed by atoms with Crippen LogP contribution in [0.2, 0.25) is 0 Å². The fraction of sp³-hybridized carbons (Fsp3) is 0.652. The Bertz CT molecular complexity index is 760. The van der Waals surface area contributed by atoms with Gasteiger partial charge in [0.05, 0.1) is 24.1 Å². The lowest BCUT2D eigenvalue weighted by Crippen LogP contribution is -2.49. The van der Waals surface area contributed by atoms with Gasteiger partial charge in [0, 0.05) is 43.8 Å². The van der Waals surface area contributed by atoms with Crippen molar-refractivity contribution in [1.29, 1.82) is 5.26 Å². The van der Waals surface area contributed by atoms with Crippen molar-refractivity contribution >= 4 is 23.2 Å². The first-order chi connectivity index (χ1) is 15.2. The fourth-order valence-electron chi connectivity index (χ4n) is 3.77. The Morgan fingerprint density at radius 3 is 2.47 bits per heavy atom. The molecule has 0 bridgehead atoms. The number of hydrogen-bond donors (Lipinski definition) is 4. The zero-order valence-electron chi connectivity index (χ0n) is 18.9. The van der Waals surface area contributed by atoms with Gasteiger partial charge in [0.1, 0.15) is 12.3 Å². The van der Waals surface area contributed by atoms with E-state index < -0.39 is 23.7 Å². The van der Waals surface area contributed by atoms with Crippen LogP contribution in [-0.2, 0) is 4.79 Å². The largest absolute Gasteiger partial charge is 0.396 e. The van der Waals surface area contributed by atoms with Crippen molar-refractivity contribution in [2.24, 2.45) is 11.3 Å². The number of halogens is 1. The Labute approximate surface area is 195 Å². The Balaban J connectivity index is 1.83. The van der Waals surface area contributed by atoms with E-state index in [1.165, 1.54) is 0 Å². The molecule has 1 aliphatic heterocycles. The van der Waals surface area contributed by atoms with Gasteiger partial charge in [-0.2, -0.15) is 5.26 Å². The number of aliphatic hydroxyl groups excluding tert-OH is 3. The van der Waals surface area contributed by atoms with Gasteiger partial charge in [0.15, 0.2) is 0 Å². The molecule has 1 saturated heterocycles. The van der Waals surface area contributed by atoms with Crippen LogP contribution >= 0.6 is 11.6 Å². The third kappa shape index (κ3) is 7.32. The minimum Gasteiger partial charge on any atom is -0.396 e. The minimum absolute atomic E-state index is 0.0677. The summed E-state index contributed by atoms with van der Waals surface area (Å²) in [5.74, 6) is -0.0877. The number of piperidine rings is 1. The maximum Gasteiger partial charge on any atom is 0.249 e. The molecule has 178 valence electrons. The van der Waals surface area contributed by atoms with Crippen LogP contribution in [0.4, 0.5) is 5.69 Å². The number of aliphatic hydroxyl groups is 3. The van der Waals surface area contributed by atoms with Crippen LogP contribution in [0.5, 0.6) is 0 Å². The van der Waals surface area contributed by atoms with Crippen molar-refractivity contribution in [3.05, 3.63) is 29.8 Å². The monoisotopic (exact) mass is 466 g/mol. The summed E-state index contributed by atoms with van der Waals surface area (Å²) < 4.78 is 0. The smallest absolute Gasteiger partial charge is 0.249 e. The van der Waals surface area contributed by atoms with Gasteiger partial charge in [-0.25, -0.2) is 0 Å². The van der Waals surface area contributed by atoms with Crippen molar-refractivity contribution < 1.29 is 20.1 Å². The van der Waals surface area contributed by atoms with E-state index in [0.717, 1.165) is 31.6 Å². The van der Waals surface area contributed by atoms with Gasteiger partial charge in [-0.3, -0.25) is 9.69 Å². The summed E-state index contributed by atoms with van der Waals surface area (Å²) in [5.41, 5.74) is 0.823. The Kier molecular flexibility index (Phi) is 10.2. The Hall–Kier alpha value is -1.89. The molecule has 0 aliphatic carbocycles. The number of amides is 1. The fourth-order valence-corrected chi connectivity index (χ4v) is 3.97. The number of alkyl halides is 1. The number of carbonyl (C=O) groups excluding carboxylic acids is 1. The third-order valence-corrected chi connectivity index (χ3v) is 6.40. The summed E-state index contributed by atoms with van der Waals surface area (Å²) in [5, 5.41) is 41.4. The normalized spacial score (nSPS) is 17.1. The first-order valence-electron chi connectivity index (χ1n) is 11.0. The zero-order valence-corrected chi connectivity index (χ0v) is 19.6. The predicted molar refractivity (Wildman–Crippen MR) is 124 cm³/mol. The average molecular weight is 467 g/mol. The average Bonchev–Trinajstić information content (AvgIpc) is 2.82. The lowest BCUT2D eigenvalue weighted by atomic mass is 9.87. The number of nitriles is 1. The third-order valence-electron chi connectivity index (χ3n) is 6.12. The van der Waals surface area contributed by atoms with Gasteiger partial charge in [-0.1, -0.05) is 13.8 Å². The van der Waals surface area contributed by atoms with Crippen LogP contribution in [-0.4, -0.2) is 83.7 Å². The van der Waals surface area contributed by atoms with E-state index in [1.54, 1.807) is 13.8 Å². The molecule has 2 rings (SSSR count). The molecule has 9 heteroatoms. The quantitative estimate of drug-likeness (QED) is 0.285. The van der Waals surface area contributed by atoms with E-state index in [9.17, 15) is 20.1 Å². The second kappa shape index (κ2) is 12.4. The number of hydrogen-bond acceptors (Lipinski definition) is 7. The topological polar surface area (TPSA) is 120 Å². The van der Waals surface area contributed by atoms with Gasteiger partial charge in [0.2, 0.25) is 5.91 Å². The highest BCUT2D eigenvalue weighted by atomic mass is 35.5. The highest BCUT2D eigenvalue weighted by molar-refractivity contribution is 6.18. The van der Waals surface area contributed by atoms with Gasteiger partial charge >= 0.3 is 0 Å². The first-order valence-corrected chi connectivity index (χ1v) is 11.5. The minimum atomic E-state index is -1.31. The zero-order chi connectivity index (χ0) is 23.7. The van der Waals surface area contributed by atoms with E-state index in [1.807, 2.05) is 29.2 Å². The summed E-state index contributed by atoms with van der Waals surface area (Å²) in [6.07, 6.45) is -0.211. The summed E-state index contributed by atoms with van der Waals surface area (Å²) in [6, 6.07) is 9.72. The molecular weight excluding hydrogens is 432 g/mol. The highest BCUT2D eigenvalue weighted by Crippen LogP contribution is 2.25. The number of rotatable bonds is 11. The molecule has 1 amide bonds. The van der Waals surface area contributed by atoms with Gasteiger partial charge < -0.3 is 25.5 Å². The van der Waals surface area contributed by atoms with Crippen LogP contribution in [0.1, 0.15) is 32.3 Å².